The molecule has 3 rings (SSSR count). The highest BCUT2D eigenvalue weighted by Gasteiger charge is 2.10. The normalized spacial score (nSPS) is 10.4. The van der Waals surface area contributed by atoms with Crippen LogP contribution >= 0.6 is 27.5 Å². The molecule has 26 heavy (non-hydrogen) atoms. The Kier molecular flexibility index (Phi) is 6.31. The summed E-state index contributed by atoms with van der Waals surface area (Å²) < 4.78 is 6.55. The third-order valence-corrected chi connectivity index (χ3v) is 4.62. The molecule has 1 amide bonds. The van der Waals surface area contributed by atoms with Crippen LogP contribution in [0.2, 0.25) is 5.02 Å². The smallest absolute Gasteiger partial charge is 0.255 e. The third-order valence-electron chi connectivity index (χ3n) is 3.77. The van der Waals surface area contributed by atoms with E-state index in [2.05, 4.69) is 33.4 Å². The number of ether oxygens (including phenoxy) is 1. The summed E-state index contributed by atoms with van der Waals surface area (Å²) in [5.74, 6) is 0.504. The third kappa shape index (κ3) is 5.10. The Hall–Kier alpha value is -2.30. The van der Waals surface area contributed by atoms with Crippen LogP contribution in [-0.4, -0.2) is 12.5 Å². The van der Waals surface area contributed by atoms with Crippen molar-refractivity contribution in [3.05, 3.63) is 93.4 Å². The van der Waals surface area contributed by atoms with Gasteiger partial charge in [-0.15, -0.1) is 0 Å². The van der Waals surface area contributed by atoms with Crippen LogP contribution in [0.25, 0.3) is 0 Å². The van der Waals surface area contributed by atoms with Gasteiger partial charge in [-0.3, -0.25) is 4.79 Å². The van der Waals surface area contributed by atoms with E-state index in [1.165, 1.54) is 5.56 Å². The van der Waals surface area contributed by atoms with E-state index in [-0.39, 0.29) is 5.91 Å². The highest BCUT2D eigenvalue weighted by atomic mass is 79.9. The highest BCUT2D eigenvalue weighted by molar-refractivity contribution is 9.10. The standard InChI is InChI=1S/C21H17BrClNO2/c22-19-13-16(21(25)24-18-8-4-7-17(23)14-18)9-10-20(19)26-12-11-15-5-2-1-3-6-15/h1-10,13-14H,11-12H2,(H,24,25). The maximum atomic E-state index is 12.4. The van der Waals surface area contributed by atoms with Crippen molar-refractivity contribution in [2.24, 2.45) is 0 Å². The van der Waals surface area contributed by atoms with Gasteiger partial charge >= 0.3 is 0 Å². The topological polar surface area (TPSA) is 38.3 Å². The summed E-state index contributed by atoms with van der Waals surface area (Å²) in [4.78, 5) is 12.4. The fourth-order valence-corrected chi connectivity index (χ4v) is 3.14. The molecule has 0 aliphatic heterocycles. The first-order chi connectivity index (χ1) is 12.6. The van der Waals surface area contributed by atoms with Gasteiger partial charge < -0.3 is 10.1 Å². The van der Waals surface area contributed by atoms with E-state index in [4.69, 9.17) is 16.3 Å². The van der Waals surface area contributed by atoms with Gasteiger partial charge in [-0.05, 0) is 57.9 Å². The Balaban J connectivity index is 1.60. The lowest BCUT2D eigenvalue weighted by Gasteiger charge is -2.10. The average Bonchev–Trinajstić information content (AvgIpc) is 2.64. The Labute approximate surface area is 166 Å². The summed E-state index contributed by atoms with van der Waals surface area (Å²) >= 11 is 9.41. The van der Waals surface area contributed by atoms with Crippen molar-refractivity contribution in [3.8, 4) is 5.75 Å². The van der Waals surface area contributed by atoms with Crippen LogP contribution in [0, 0.1) is 0 Å². The zero-order valence-electron chi connectivity index (χ0n) is 13.9. The van der Waals surface area contributed by atoms with Crippen LogP contribution < -0.4 is 10.1 Å². The largest absolute Gasteiger partial charge is 0.492 e. The quantitative estimate of drug-likeness (QED) is 0.523. The molecule has 0 radical (unpaired) electrons. The lowest BCUT2D eigenvalue weighted by molar-refractivity contribution is 0.102. The van der Waals surface area contributed by atoms with E-state index in [0.717, 1.165) is 10.9 Å². The van der Waals surface area contributed by atoms with Gasteiger partial charge in [-0.1, -0.05) is 48.0 Å². The number of benzene rings is 3. The number of carbonyl (C=O) groups excluding carboxylic acids is 1. The monoisotopic (exact) mass is 429 g/mol. The van der Waals surface area contributed by atoms with E-state index < -0.39 is 0 Å². The van der Waals surface area contributed by atoms with E-state index in [1.807, 2.05) is 18.2 Å². The molecule has 0 unspecified atom stereocenters. The summed E-state index contributed by atoms with van der Waals surface area (Å²) in [5, 5.41) is 3.40. The second kappa shape index (κ2) is 8.88. The molecule has 0 saturated heterocycles. The van der Waals surface area contributed by atoms with Crippen molar-refractivity contribution in [1.82, 2.24) is 0 Å². The molecule has 0 spiro atoms. The number of amides is 1. The first kappa shape index (κ1) is 18.5. The fourth-order valence-electron chi connectivity index (χ4n) is 2.45. The molecule has 3 nitrogen and oxygen atoms in total. The molecule has 0 fully saturated rings. The van der Waals surface area contributed by atoms with Crippen LogP contribution in [0.15, 0.2) is 77.3 Å². The van der Waals surface area contributed by atoms with Gasteiger partial charge in [0, 0.05) is 22.7 Å². The van der Waals surface area contributed by atoms with Crippen molar-refractivity contribution in [3.63, 3.8) is 0 Å². The predicted octanol–water partition coefficient (Wildman–Crippen LogP) is 5.98. The first-order valence-electron chi connectivity index (χ1n) is 8.15. The molecule has 132 valence electrons. The molecule has 0 aliphatic carbocycles. The second-order valence-corrected chi connectivity index (χ2v) is 6.98. The van der Waals surface area contributed by atoms with Crippen LogP contribution in [0.4, 0.5) is 5.69 Å². The Bertz CT molecular complexity index is 900. The van der Waals surface area contributed by atoms with Gasteiger partial charge in [0.15, 0.2) is 0 Å². The van der Waals surface area contributed by atoms with Crippen LogP contribution in [0.3, 0.4) is 0 Å². The molecule has 0 saturated carbocycles. The van der Waals surface area contributed by atoms with Gasteiger partial charge in [0.1, 0.15) is 5.75 Å². The number of halogens is 2. The van der Waals surface area contributed by atoms with Crippen molar-refractivity contribution in [2.45, 2.75) is 6.42 Å². The molecule has 0 bridgehead atoms. The summed E-state index contributed by atoms with van der Waals surface area (Å²) in [6, 6.07) is 22.5. The lowest BCUT2D eigenvalue weighted by Crippen LogP contribution is -2.12. The summed E-state index contributed by atoms with van der Waals surface area (Å²) in [6.07, 6.45) is 0.824. The number of anilines is 1. The van der Waals surface area contributed by atoms with E-state index in [0.29, 0.717) is 28.6 Å². The molecule has 1 N–H and O–H groups in total. The molecule has 3 aromatic carbocycles. The molecular weight excluding hydrogens is 414 g/mol. The number of hydrogen-bond acceptors (Lipinski definition) is 2. The van der Waals surface area contributed by atoms with Gasteiger partial charge in [0.05, 0.1) is 11.1 Å². The van der Waals surface area contributed by atoms with Gasteiger partial charge in [0.2, 0.25) is 0 Å². The van der Waals surface area contributed by atoms with E-state index >= 15 is 0 Å². The zero-order chi connectivity index (χ0) is 18.4. The Morgan fingerprint density at radius 1 is 1.00 bits per heavy atom. The Morgan fingerprint density at radius 2 is 1.81 bits per heavy atom. The van der Waals surface area contributed by atoms with Crippen molar-refractivity contribution in [1.29, 1.82) is 0 Å². The predicted molar refractivity (Wildman–Crippen MR) is 109 cm³/mol. The Morgan fingerprint density at radius 3 is 2.54 bits per heavy atom. The fraction of sp³-hybridized carbons (Fsp3) is 0.0952. The lowest BCUT2D eigenvalue weighted by atomic mass is 10.1. The molecule has 0 heterocycles. The van der Waals surface area contributed by atoms with Crippen molar-refractivity contribution < 1.29 is 9.53 Å². The van der Waals surface area contributed by atoms with Crippen molar-refractivity contribution in [2.75, 3.05) is 11.9 Å². The molecule has 0 atom stereocenters. The zero-order valence-corrected chi connectivity index (χ0v) is 16.3. The van der Waals surface area contributed by atoms with Gasteiger partial charge in [0.25, 0.3) is 5.91 Å². The molecule has 3 aromatic rings. The SMILES string of the molecule is O=C(Nc1cccc(Cl)c1)c1ccc(OCCc2ccccc2)c(Br)c1. The van der Waals surface area contributed by atoms with Crippen molar-refractivity contribution >= 4 is 39.1 Å². The molecule has 5 heteroatoms. The number of nitrogens with one attached hydrogen (secondary N) is 1. The maximum absolute atomic E-state index is 12.4. The van der Waals surface area contributed by atoms with Gasteiger partial charge in [-0.2, -0.15) is 0 Å². The summed E-state index contributed by atoms with van der Waals surface area (Å²) in [6.45, 7) is 0.566. The molecule has 0 aromatic heterocycles. The maximum Gasteiger partial charge on any atom is 0.255 e. The van der Waals surface area contributed by atoms with E-state index in [1.54, 1.807) is 42.5 Å². The van der Waals surface area contributed by atoms with Crippen LogP contribution in [0.5, 0.6) is 5.75 Å². The molecular formula is C21H17BrClNO2. The van der Waals surface area contributed by atoms with Gasteiger partial charge in [-0.25, -0.2) is 0 Å². The minimum atomic E-state index is -0.205. The minimum absolute atomic E-state index is 0.205. The molecule has 0 aliphatic rings. The summed E-state index contributed by atoms with van der Waals surface area (Å²) in [7, 11) is 0. The van der Waals surface area contributed by atoms with E-state index in [9.17, 15) is 4.79 Å². The highest BCUT2D eigenvalue weighted by Crippen LogP contribution is 2.27. The number of rotatable bonds is 6. The first-order valence-corrected chi connectivity index (χ1v) is 9.32. The van der Waals surface area contributed by atoms with Crippen LogP contribution in [0.1, 0.15) is 15.9 Å². The second-order valence-electron chi connectivity index (χ2n) is 5.69. The minimum Gasteiger partial charge on any atom is -0.492 e. The number of hydrogen-bond donors (Lipinski definition) is 1. The number of carbonyl (C=O) groups is 1. The summed E-state index contributed by atoms with van der Waals surface area (Å²) in [5.41, 5.74) is 2.41. The van der Waals surface area contributed by atoms with Crippen LogP contribution in [-0.2, 0) is 6.42 Å². The average molecular weight is 431 g/mol.